The van der Waals surface area contributed by atoms with Crippen LogP contribution in [-0.4, -0.2) is 14.9 Å². The van der Waals surface area contributed by atoms with Crippen LogP contribution in [0.2, 0.25) is 0 Å². The molecule has 0 bridgehead atoms. The van der Waals surface area contributed by atoms with Gasteiger partial charge in [-0.25, -0.2) is 4.68 Å². The van der Waals surface area contributed by atoms with E-state index in [1.165, 1.54) is 0 Å². The highest BCUT2D eigenvalue weighted by Crippen LogP contribution is 2.21. The van der Waals surface area contributed by atoms with Crippen molar-refractivity contribution in [2.75, 3.05) is 5.73 Å². The summed E-state index contributed by atoms with van der Waals surface area (Å²) in [6, 6.07) is 0.234. The van der Waals surface area contributed by atoms with Gasteiger partial charge in [-0.2, -0.15) is 5.10 Å². The Morgan fingerprint density at radius 1 is 1.50 bits per heavy atom. The second kappa shape index (κ2) is 3.15. The van der Waals surface area contributed by atoms with Crippen LogP contribution in [0.1, 0.15) is 38.5 Å². The minimum atomic E-state index is -0.544. The molecule has 0 saturated heterocycles. The minimum absolute atomic E-state index is 0.234. The number of aliphatic hydroxyl groups is 1. The molecule has 1 aromatic rings. The summed E-state index contributed by atoms with van der Waals surface area (Å²) in [6.45, 7) is 5.67. The molecule has 0 spiro atoms. The summed E-state index contributed by atoms with van der Waals surface area (Å²) < 4.78 is 1.70. The quantitative estimate of drug-likeness (QED) is 0.696. The van der Waals surface area contributed by atoms with Gasteiger partial charge < -0.3 is 10.8 Å². The zero-order chi connectivity index (χ0) is 9.30. The third-order valence-electron chi connectivity index (χ3n) is 1.80. The number of nitrogen functional groups attached to an aromatic ring is 1. The number of aromatic nitrogens is 2. The third kappa shape index (κ3) is 1.43. The van der Waals surface area contributed by atoms with Gasteiger partial charge >= 0.3 is 0 Å². The molecule has 1 heterocycles. The molecule has 0 amide bonds. The maximum absolute atomic E-state index is 9.27. The van der Waals surface area contributed by atoms with Crippen molar-refractivity contribution in [3.8, 4) is 0 Å². The van der Waals surface area contributed by atoms with Crippen LogP contribution in [-0.2, 0) is 0 Å². The van der Waals surface area contributed by atoms with Gasteiger partial charge in [-0.05, 0) is 20.8 Å². The van der Waals surface area contributed by atoms with Crippen molar-refractivity contribution >= 4 is 5.82 Å². The molecule has 0 aliphatic carbocycles. The molecule has 4 heteroatoms. The lowest BCUT2D eigenvalue weighted by Crippen LogP contribution is -2.08. The molecule has 0 radical (unpaired) electrons. The van der Waals surface area contributed by atoms with Crippen molar-refractivity contribution in [3.63, 3.8) is 0 Å². The Morgan fingerprint density at radius 3 is 2.33 bits per heavy atom. The lowest BCUT2D eigenvalue weighted by Gasteiger charge is -2.08. The predicted octanol–water partition coefficient (Wildman–Crippen LogP) is 1.10. The highest BCUT2D eigenvalue weighted by molar-refractivity contribution is 5.40. The number of anilines is 1. The SMILES string of the molecule is CC(O)c1cnn(C(C)C)c1N. The Hall–Kier alpha value is -1.03. The lowest BCUT2D eigenvalue weighted by molar-refractivity contribution is 0.200. The number of aliphatic hydroxyl groups excluding tert-OH is 1. The van der Waals surface area contributed by atoms with Gasteiger partial charge in [0.25, 0.3) is 0 Å². The predicted molar refractivity (Wildman–Crippen MR) is 47.7 cm³/mol. The van der Waals surface area contributed by atoms with Gasteiger partial charge in [-0.1, -0.05) is 0 Å². The molecular weight excluding hydrogens is 154 g/mol. The van der Waals surface area contributed by atoms with E-state index in [2.05, 4.69) is 5.10 Å². The Balaban J connectivity index is 3.04. The van der Waals surface area contributed by atoms with Gasteiger partial charge in [0.05, 0.1) is 12.3 Å². The van der Waals surface area contributed by atoms with Gasteiger partial charge in [0.15, 0.2) is 0 Å². The second-order valence-corrected chi connectivity index (χ2v) is 3.20. The fourth-order valence-electron chi connectivity index (χ4n) is 1.12. The average Bonchev–Trinajstić information content (AvgIpc) is 2.30. The van der Waals surface area contributed by atoms with E-state index in [-0.39, 0.29) is 6.04 Å². The molecule has 1 rings (SSSR count). The number of nitrogens with zero attached hydrogens (tertiary/aromatic N) is 2. The van der Waals surface area contributed by atoms with Gasteiger partial charge in [-0.3, -0.25) is 0 Å². The van der Waals surface area contributed by atoms with E-state index in [0.29, 0.717) is 11.4 Å². The van der Waals surface area contributed by atoms with Crippen molar-refractivity contribution < 1.29 is 5.11 Å². The van der Waals surface area contributed by atoms with Crippen LogP contribution in [0.25, 0.3) is 0 Å². The summed E-state index contributed by atoms with van der Waals surface area (Å²) in [5.74, 6) is 0.556. The molecule has 0 saturated carbocycles. The van der Waals surface area contributed by atoms with Crippen LogP contribution >= 0.6 is 0 Å². The molecule has 12 heavy (non-hydrogen) atoms. The van der Waals surface area contributed by atoms with Crippen LogP contribution in [0.3, 0.4) is 0 Å². The summed E-state index contributed by atoms with van der Waals surface area (Å²) in [7, 11) is 0. The molecule has 1 aromatic heterocycles. The Bertz CT molecular complexity index is 240. The van der Waals surface area contributed by atoms with Crippen molar-refractivity contribution in [1.82, 2.24) is 9.78 Å². The van der Waals surface area contributed by atoms with Crippen molar-refractivity contribution in [3.05, 3.63) is 11.8 Å². The summed E-state index contributed by atoms with van der Waals surface area (Å²) in [6.07, 6.45) is 1.07. The maximum atomic E-state index is 9.27. The normalized spacial score (nSPS) is 13.8. The number of hydrogen-bond donors (Lipinski definition) is 2. The van der Waals surface area contributed by atoms with Gasteiger partial charge in [0.2, 0.25) is 0 Å². The second-order valence-electron chi connectivity index (χ2n) is 3.20. The van der Waals surface area contributed by atoms with Crippen LogP contribution in [0.5, 0.6) is 0 Å². The molecule has 0 aliphatic heterocycles. The summed E-state index contributed by atoms with van der Waals surface area (Å²) in [4.78, 5) is 0. The van der Waals surface area contributed by atoms with E-state index >= 15 is 0 Å². The first-order valence-electron chi connectivity index (χ1n) is 4.05. The average molecular weight is 169 g/mol. The fraction of sp³-hybridized carbons (Fsp3) is 0.625. The molecular formula is C8H15N3O. The Kier molecular flexibility index (Phi) is 2.38. The standard InChI is InChI=1S/C8H15N3O/c1-5(2)11-8(9)7(4-10-11)6(3)12/h4-6,12H,9H2,1-3H3. The molecule has 0 aliphatic rings. The molecule has 1 unspecified atom stereocenters. The molecule has 68 valence electrons. The van der Waals surface area contributed by atoms with E-state index in [0.717, 1.165) is 0 Å². The first-order chi connectivity index (χ1) is 5.54. The minimum Gasteiger partial charge on any atom is -0.389 e. The van der Waals surface area contributed by atoms with Crippen LogP contribution in [0, 0.1) is 0 Å². The Morgan fingerprint density at radius 2 is 2.08 bits per heavy atom. The van der Waals surface area contributed by atoms with Crippen LogP contribution in [0.15, 0.2) is 6.20 Å². The molecule has 0 fully saturated rings. The first-order valence-corrected chi connectivity index (χ1v) is 4.05. The van der Waals surface area contributed by atoms with Crippen molar-refractivity contribution in [1.29, 1.82) is 0 Å². The molecule has 0 aromatic carbocycles. The maximum Gasteiger partial charge on any atom is 0.127 e. The first kappa shape index (κ1) is 9.06. The van der Waals surface area contributed by atoms with E-state index in [1.807, 2.05) is 13.8 Å². The summed E-state index contributed by atoms with van der Waals surface area (Å²) in [5.41, 5.74) is 6.44. The van der Waals surface area contributed by atoms with Crippen molar-refractivity contribution in [2.45, 2.75) is 32.9 Å². The van der Waals surface area contributed by atoms with E-state index in [1.54, 1.807) is 17.8 Å². The highest BCUT2D eigenvalue weighted by Gasteiger charge is 2.12. The highest BCUT2D eigenvalue weighted by atomic mass is 16.3. The van der Waals surface area contributed by atoms with E-state index < -0.39 is 6.10 Å². The zero-order valence-electron chi connectivity index (χ0n) is 7.65. The van der Waals surface area contributed by atoms with Crippen LogP contribution < -0.4 is 5.73 Å². The third-order valence-corrected chi connectivity index (χ3v) is 1.80. The number of hydrogen-bond acceptors (Lipinski definition) is 3. The largest absolute Gasteiger partial charge is 0.389 e. The van der Waals surface area contributed by atoms with Gasteiger partial charge in [0.1, 0.15) is 5.82 Å². The molecule has 4 nitrogen and oxygen atoms in total. The fourth-order valence-corrected chi connectivity index (χ4v) is 1.12. The Labute approximate surface area is 72.0 Å². The topological polar surface area (TPSA) is 64.1 Å². The smallest absolute Gasteiger partial charge is 0.127 e. The summed E-state index contributed by atoms with van der Waals surface area (Å²) in [5, 5.41) is 13.3. The lowest BCUT2D eigenvalue weighted by atomic mass is 10.2. The van der Waals surface area contributed by atoms with Gasteiger partial charge in [-0.15, -0.1) is 0 Å². The van der Waals surface area contributed by atoms with Crippen LogP contribution in [0.4, 0.5) is 5.82 Å². The van der Waals surface area contributed by atoms with E-state index in [4.69, 9.17) is 5.73 Å². The van der Waals surface area contributed by atoms with Crippen molar-refractivity contribution in [2.24, 2.45) is 0 Å². The summed E-state index contributed by atoms with van der Waals surface area (Å²) >= 11 is 0. The molecule has 1 atom stereocenters. The molecule has 3 N–H and O–H groups in total. The number of rotatable bonds is 2. The monoisotopic (exact) mass is 169 g/mol. The zero-order valence-corrected chi connectivity index (χ0v) is 7.65. The van der Waals surface area contributed by atoms with Gasteiger partial charge in [0, 0.05) is 11.6 Å². The van der Waals surface area contributed by atoms with E-state index in [9.17, 15) is 5.11 Å². The number of nitrogens with two attached hydrogens (primary N) is 1.